The van der Waals surface area contributed by atoms with Gasteiger partial charge in [0.25, 0.3) is 0 Å². The van der Waals surface area contributed by atoms with Gasteiger partial charge in [-0.15, -0.1) is 0 Å². The van der Waals surface area contributed by atoms with E-state index in [1.54, 1.807) is 0 Å². The molecule has 2 aliphatic rings. The first-order valence-corrected chi connectivity index (χ1v) is 11.5. The number of ether oxygens (including phenoxy) is 2. The number of benzene rings is 1. The minimum atomic E-state index is -0.712. The predicted molar refractivity (Wildman–Crippen MR) is 123 cm³/mol. The van der Waals surface area contributed by atoms with Crippen LogP contribution in [0.4, 0.5) is 4.79 Å². The van der Waals surface area contributed by atoms with Crippen molar-refractivity contribution in [3.8, 4) is 0 Å². The van der Waals surface area contributed by atoms with E-state index < -0.39 is 11.6 Å². The van der Waals surface area contributed by atoms with Crippen molar-refractivity contribution in [2.24, 2.45) is 0 Å². The molecule has 2 saturated heterocycles. The zero-order chi connectivity index (χ0) is 23.0. The number of hydrogen-bond acceptors (Lipinski definition) is 6. The zero-order valence-electron chi connectivity index (χ0n) is 19.7. The van der Waals surface area contributed by atoms with Crippen LogP contribution in [0.2, 0.25) is 0 Å². The molecule has 0 aliphatic carbocycles. The smallest absolute Gasteiger partial charge is 0.407 e. The molecule has 0 saturated carbocycles. The first kappa shape index (κ1) is 24.5. The number of nitrogens with zero attached hydrogens (tertiary/aromatic N) is 2. The summed E-state index contributed by atoms with van der Waals surface area (Å²) >= 11 is 0. The summed E-state index contributed by atoms with van der Waals surface area (Å²) in [7, 11) is 2.15. The van der Waals surface area contributed by atoms with Gasteiger partial charge in [-0.1, -0.05) is 30.3 Å². The molecule has 1 aromatic carbocycles. The Morgan fingerprint density at radius 3 is 2.41 bits per heavy atom. The monoisotopic (exact) mass is 446 g/mol. The van der Waals surface area contributed by atoms with Crippen LogP contribution < -0.4 is 10.6 Å². The minimum Gasteiger partial charge on any atom is -0.445 e. The Bertz CT molecular complexity index is 742. The van der Waals surface area contributed by atoms with Crippen molar-refractivity contribution < 1.29 is 19.1 Å². The van der Waals surface area contributed by atoms with E-state index in [1.807, 2.05) is 44.2 Å². The molecule has 2 amide bonds. The van der Waals surface area contributed by atoms with Crippen molar-refractivity contribution in [2.75, 3.05) is 53.0 Å². The number of alkyl carbamates (subject to hydrolysis) is 1. The summed E-state index contributed by atoms with van der Waals surface area (Å²) in [5, 5.41) is 5.98. The topological polar surface area (TPSA) is 83.1 Å². The molecule has 2 aliphatic heterocycles. The van der Waals surface area contributed by atoms with Crippen LogP contribution in [-0.2, 0) is 20.9 Å². The van der Waals surface area contributed by atoms with Gasteiger partial charge in [0.2, 0.25) is 5.91 Å². The maximum atomic E-state index is 12.8. The molecule has 0 atom stereocenters. The summed E-state index contributed by atoms with van der Waals surface area (Å²) in [6.07, 6.45) is 1.72. The number of carbonyl (C=O) groups is 2. The van der Waals surface area contributed by atoms with Crippen LogP contribution in [0.1, 0.15) is 38.7 Å². The van der Waals surface area contributed by atoms with E-state index in [4.69, 9.17) is 9.47 Å². The maximum Gasteiger partial charge on any atom is 0.407 e. The highest BCUT2D eigenvalue weighted by Crippen LogP contribution is 2.29. The van der Waals surface area contributed by atoms with Gasteiger partial charge < -0.3 is 25.0 Å². The van der Waals surface area contributed by atoms with Gasteiger partial charge in [-0.3, -0.25) is 9.69 Å². The molecule has 2 N–H and O–H groups in total. The third-order valence-electron chi connectivity index (χ3n) is 6.47. The van der Waals surface area contributed by atoms with Crippen LogP contribution in [0.3, 0.4) is 0 Å². The van der Waals surface area contributed by atoms with Gasteiger partial charge in [-0.25, -0.2) is 4.79 Å². The number of likely N-dealkylation sites (tertiary alicyclic amines) is 1. The van der Waals surface area contributed by atoms with E-state index >= 15 is 0 Å². The number of morpholine rings is 1. The van der Waals surface area contributed by atoms with Gasteiger partial charge in [-0.05, 0) is 52.4 Å². The van der Waals surface area contributed by atoms with E-state index in [0.717, 1.165) is 57.8 Å². The van der Waals surface area contributed by atoms with Gasteiger partial charge >= 0.3 is 6.09 Å². The molecule has 3 rings (SSSR count). The fourth-order valence-electron chi connectivity index (χ4n) is 4.48. The highest BCUT2D eigenvalue weighted by molar-refractivity contribution is 5.78. The number of piperidine rings is 1. The third-order valence-corrected chi connectivity index (χ3v) is 6.47. The zero-order valence-corrected chi connectivity index (χ0v) is 19.7. The number of rotatable bonds is 8. The first-order valence-electron chi connectivity index (χ1n) is 11.5. The summed E-state index contributed by atoms with van der Waals surface area (Å²) in [6, 6.07) is 9.52. The van der Waals surface area contributed by atoms with Gasteiger partial charge in [-0.2, -0.15) is 0 Å². The largest absolute Gasteiger partial charge is 0.445 e. The molecule has 8 nitrogen and oxygen atoms in total. The van der Waals surface area contributed by atoms with Crippen LogP contribution in [0, 0.1) is 0 Å². The standard InChI is InChI=1S/C24H38N4O4/c1-23(2,26-22(30)32-18-20-7-5-4-6-8-20)17-21(29)25-19-24(9-11-27(3)12-10-24)28-13-15-31-16-14-28/h4-8H,9-19H2,1-3H3,(H,25,29)(H,26,30). The second kappa shape index (κ2) is 11.1. The van der Waals surface area contributed by atoms with Gasteiger partial charge in [0.05, 0.1) is 13.2 Å². The van der Waals surface area contributed by atoms with Gasteiger partial charge in [0, 0.05) is 37.1 Å². The van der Waals surface area contributed by atoms with Gasteiger partial charge in [0.15, 0.2) is 0 Å². The molecule has 8 heteroatoms. The summed E-state index contributed by atoms with van der Waals surface area (Å²) in [6.45, 7) is 9.83. The van der Waals surface area contributed by atoms with Crippen LogP contribution in [0.25, 0.3) is 0 Å². The Labute approximate surface area is 191 Å². The second-order valence-corrected chi connectivity index (χ2v) is 9.65. The predicted octanol–water partition coefficient (Wildman–Crippen LogP) is 1.99. The van der Waals surface area contributed by atoms with E-state index in [9.17, 15) is 9.59 Å². The van der Waals surface area contributed by atoms with Gasteiger partial charge in [0.1, 0.15) is 6.61 Å². The molecule has 178 valence electrons. The Balaban J connectivity index is 1.48. The maximum absolute atomic E-state index is 12.8. The summed E-state index contributed by atoms with van der Waals surface area (Å²) in [4.78, 5) is 29.8. The van der Waals surface area contributed by atoms with Crippen molar-refractivity contribution >= 4 is 12.0 Å². The average Bonchev–Trinajstić information content (AvgIpc) is 2.78. The van der Waals surface area contributed by atoms with Crippen molar-refractivity contribution in [3.05, 3.63) is 35.9 Å². The molecule has 0 spiro atoms. The van der Waals surface area contributed by atoms with Crippen LogP contribution in [-0.4, -0.2) is 85.9 Å². The fourth-order valence-corrected chi connectivity index (χ4v) is 4.48. The molecule has 2 fully saturated rings. The average molecular weight is 447 g/mol. The summed E-state index contributed by atoms with van der Waals surface area (Å²) < 4.78 is 10.8. The molecular formula is C24H38N4O4. The lowest BCUT2D eigenvalue weighted by Gasteiger charge is -2.49. The van der Waals surface area contributed by atoms with E-state index in [0.29, 0.717) is 6.54 Å². The van der Waals surface area contributed by atoms with Crippen LogP contribution in [0.5, 0.6) is 0 Å². The molecule has 32 heavy (non-hydrogen) atoms. The molecule has 0 radical (unpaired) electrons. The summed E-state index contributed by atoms with van der Waals surface area (Å²) in [5.74, 6) is -0.0649. The van der Waals surface area contributed by atoms with Crippen molar-refractivity contribution in [3.63, 3.8) is 0 Å². The molecule has 0 aromatic heterocycles. The quantitative estimate of drug-likeness (QED) is 0.636. The third kappa shape index (κ3) is 7.18. The normalized spacial score (nSPS) is 19.8. The minimum absolute atomic E-state index is 0.0296. The lowest BCUT2D eigenvalue weighted by molar-refractivity contribution is -0.123. The van der Waals surface area contributed by atoms with Crippen LogP contribution >= 0.6 is 0 Å². The number of hydrogen-bond donors (Lipinski definition) is 2. The lowest BCUT2D eigenvalue weighted by atomic mass is 9.85. The number of nitrogens with one attached hydrogen (secondary N) is 2. The number of carbonyl (C=O) groups excluding carboxylic acids is 2. The van der Waals surface area contributed by atoms with Crippen molar-refractivity contribution in [2.45, 2.75) is 50.8 Å². The Morgan fingerprint density at radius 1 is 1.09 bits per heavy atom. The van der Waals surface area contributed by atoms with E-state index in [1.165, 1.54) is 0 Å². The molecule has 2 heterocycles. The van der Waals surface area contributed by atoms with E-state index in [-0.39, 0.29) is 24.5 Å². The lowest BCUT2D eigenvalue weighted by Crippen LogP contribution is -2.62. The highest BCUT2D eigenvalue weighted by atomic mass is 16.5. The SMILES string of the molecule is CN1CCC(CNC(=O)CC(C)(C)NC(=O)OCc2ccccc2)(N2CCOCC2)CC1. The highest BCUT2D eigenvalue weighted by Gasteiger charge is 2.40. The van der Waals surface area contributed by atoms with Crippen molar-refractivity contribution in [1.29, 1.82) is 0 Å². The Kier molecular flexibility index (Phi) is 8.51. The second-order valence-electron chi connectivity index (χ2n) is 9.65. The van der Waals surface area contributed by atoms with Crippen LogP contribution in [0.15, 0.2) is 30.3 Å². The fraction of sp³-hybridized carbons (Fsp3) is 0.667. The number of amides is 2. The van der Waals surface area contributed by atoms with Crippen molar-refractivity contribution in [1.82, 2.24) is 20.4 Å². The first-order chi connectivity index (χ1) is 15.3. The summed E-state index contributed by atoms with van der Waals surface area (Å²) in [5.41, 5.74) is 0.180. The Hall–Kier alpha value is -2.16. The Morgan fingerprint density at radius 2 is 1.75 bits per heavy atom. The van der Waals surface area contributed by atoms with E-state index in [2.05, 4.69) is 27.5 Å². The molecule has 1 aromatic rings. The molecule has 0 unspecified atom stereocenters. The molecule has 0 bridgehead atoms. The molecular weight excluding hydrogens is 408 g/mol.